The van der Waals surface area contributed by atoms with Crippen molar-refractivity contribution < 1.29 is 9.47 Å². The van der Waals surface area contributed by atoms with Crippen LogP contribution in [0, 0.1) is 0 Å². The first-order valence-corrected chi connectivity index (χ1v) is 5.99. The van der Waals surface area contributed by atoms with Crippen molar-refractivity contribution in [3.05, 3.63) is 23.8 Å². The van der Waals surface area contributed by atoms with Crippen LogP contribution in [0.2, 0.25) is 0 Å². The summed E-state index contributed by atoms with van der Waals surface area (Å²) in [5.74, 6) is 2.08. The molecule has 0 fully saturated rings. The van der Waals surface area contributed by atoms with Gasteiger partial charge in [-0.3, -0.25) is 0 Å². The normalized spacial score (nSPS) is 12.4. The van der Waals surface area contributed by atoms with Crippen molar-refractivity contribution >= 4 is 17.8 Å². The Hall–Kier alpha value is -2.77. The minimum absolute atomic E-state index is 0.0947. The maximum absolute atomic E-state index is 5.57. The molecule has 0 unspecified atom stereocenters. The fourth-order valence-electron chi connectivity index (χ4n) is 2.01. The van der Waals surface area contributed by atoms with Gasteiger partial charge in [0.25, 0.3) is 0 Å². The van der Waals surface area contributed by atoms with E-state index in [-0.39, 0.29) is 18.7 Å². The van der Waals surface area contributed by atoms with E-state index in [0.29, 0.717) is 12.5 Å². The number of hydrogen-bond acceptors (Lipinski definition) is 8. The summed E-state index contributed by atoms with van der Waals surface area (Å²) >= 11 is 0. The molecule has 0 spiro atoms. The molecule has 20 heavy (non-hydrogen) atoms. The Morgan fingerprint density at radius 3 is 2.65 bits per heavy atom. The zero-order valence-corrected chi connectivity index (χ0v) is 10.9. The summed E-state index contributed by atoms with van der Waals surface area (Å²) in [5, 5.41) is 0. The Balaban J connectivity index is 1.86. The van der Waals surface area contributed by atoms with Crippen molar-refractivity contribution in [2.24, 2.45) is 0 Å². The number of ether oxygens (including phenoxy) is 2. The average molecular weight is 274 g/mol. The summed E-state index contributed by atoms with van der Waals surface area (Å²) in [7, 11) is 1.84. The molecule has 0 amide bonds. The second-order valence-corrected chi connectivity index (χ2v) is 4.36. The molecule has 104 valence electrons. The molecule has 0 atom stereocenters. The molecule has 3 rings (SSSR count). The molecule has 0 saturated carbocycles. The second-order valence-electron chi connectivity index (χ2n) is 4.36. The summed E-state index contributed by atoms with van der Waals surface area (Å²) < 4.78 is 10.8. The maximum Gasteiger partial charge on any atom is 0.231 e. The highest BCUT2D eigenvalue weighted by Crippen LogP contribution is 2.36. The fraction of sp³-hybridized carbons (Fsp3) is 0.250. The number of fused-ring (bicyclic) bond motifs is 1. The smallest absolute Gasteiger partial charge is 0.231 e. The van der Waals surface area contributed by atoms with E-state index in [1.165, 1.54) is 0 Å². The molecule has 1 aromatic carbocycles. The van der Waals surface area contributed by atoms with Crippen LogP contribution in [-0.2, 0) is 6.54 Å². The van der Waals surface area contributed by atoms with E-state index >= 15 is 0 Å². The minimum Gasteiger partial charge on any atom is -0.454 e. The van der Waals surface area contributed by atoms with Crippen LogP contribution in [0.4, 0.5) is 17.8 Å². The van der Waals surface area contributed by atoms with Gasteiger partial charge in [-0.25, -0.2) is 0 Å². The second kappa shape index (κ2) is 4.72. The lowest BCUT2D eigenvalue weighted by molar-refractivity contribution is 0.173. The van der Waals surface area contributed by atoms with Crippen LogP contribution in [0.15, 0.2) is 18.2 Å². The van der Waals surface area contributed by atoms with Gasteiger partial charge in [-0.05, 0) is 6.07 Å². The Bertz CT molecular complexity index is 628. The first-order chi connectivity index (χ1) is 9.63. The first-order valence-electron chi connectivity index (χ1n) is 5.99. The largest absolute Gasteiger partial charge is 0.454 e. The number of nitrogens with two attached hydrogens (primary N) is 2. The number of hydrogen-bond donors (Lipinski definition) is 2. The zero-order chi connectivity index (χ0) is 14.1. The molecule has 1 aliphatic rings. The van der Waals surface area contributed by atoms with Crippen LogP contribution in [-0.4, -0.2) is 28.8 Å². The van der Waals surface area contributed by atoms with Crippen LogP contribution in [0.5, 0.6) is 11.5 Å². The lowest BCUT2D eigenvalue weighted by atomic mass is 10.2. The highest BCUT2D eigenvalue weighted by atomic mass is 16.7. The molecular formula is C12H14N6O2. The lowest BCUT2D eigenvalue weighted by Gasteiger charge is -2.18. The predicted octanol–water partition coefficient (Wildman–Crippen LogP) is 0.401. The van der Waals surface area contributed by atoms with Crippen molar-refractivity contribution in [1.82, 2.24) is 15.0 Å². The van der Waals surface area contributed by atoms with Gasteiger partial charge in [0.2, 0.25) is 24.6 Å². The van der Waals surface area contributed by atoms with Gasteiger partial charge in [-0.2, -0.15) is 15.0 Å². The van der Waals surface area contributed by atoms with E-state index in [1.54, 1.807) is 0 Å². The molecule has 1 aromatic heterocycles. The number of aromatic nitrogens is 3. The first kappa shape index (κ1) is 12.3. The number of anilines is 3. The molecule has 4 N–H and O–H groups in total. The third-order valence-electron chi connectivity index (χ3n) is 2.89. The summed E-state index contributed by atoms with van der Waals surface area (Å²) in [6, 6.07) is 5.73. The standard InChI is InChI=1S/C12H14N6O2/c1-18(12-16-10(13)15-11(14)17-12)5-7-3-2-4-8-9(7)20-6-19-8/h2-4H,5-6H2,1H3,(H4,13,14,15,16,17). The van der Waals surface area contributed by atoms with Crippen LogP contribution in [0.3, 0.4) is 0 Å². The Labute approximate surface area is 115 Å². The predicted molar refractivity (Wildman–Crippen MR) is 73.3 cm³/mol. The summed E-state index contributed by atoms with van der Waals surface area (Å²) in [4.78, 5) is 13.7. The monoisotopic (exact) mass is 274 g/mol. The van der Waals surface area contributed by atoms with Gasteiger partial charge in [0.15, 0.2) is 11.5 Å². The Morgan fingerprint density at radius 1 is 1.15 bits per heavy atom. The van der Waals surface area contributed by atoms with Gasteiger partial charge in [0.05, 0.1) is 0 Å². The number of nitrogens with zero attached hydrogens (tertiary/aromatic N) is 4. The van der Waals surface area contributed by atoms with E-state index in [0.717, 1.165) is 17.1 Å². The fourth-order valence-corrected chi connectivity index (χ4v) is 2.01. The summed E-state index contributed by atoms with van der Waals surface area (Å²) in [6.45, 7) is 0.775. The topological polar surface area (TPSA) is 112 Å². The molecule has 0 radical (unpaired) electrons. The molecule has 8 nitrogen and oxygen atoms in total. The number of para-hydroxylation sites is 1. The molecular weight excluding hydrogens is 260 g/mol. The van der Waals surface area contributed by atoms with Crippen molar-refractivity contribution in [3.63, 3.8) is 0 Å². The SMILES string of the molecule is CN(Cc1cccc2c1OCO2)c1nc(N)nc(N)n1. The van der Waals surface area contributed by atoms with Gasteiger partial charge < -0.3 is 25.8 Å². The highest BCUT2D eigenvalue weighted by molar-refractivity contribution is 5.50. The van der Waals surface area contributed by atoms with Crippen molar-refractivity contribution in [2.45, 2.75) is 6.54 Å². The van der Waals surface area contributed by atoms with Crippen LogP contribution in [0.25, 0.3) is 0 Å². The third kappa shape index (κ3) is 2.22. The minimum atomic E-state index is 0.0947. The molecule has 0 aliphatic carbocycles. The molecule has 2 aromatic rings. The van der Waals surface area contributed by atoms with Crippen LogP contribution < -0.4 is 25.8 Å². The molecule has 0 bridgehead atoms. The van der Waals surface area contributed by atoms with Crippen LogP contribution in [0.1, 0.15) is 5.56 Å². The molecule has 8 heteroatoms. The third-order valence-corrected chi connectivity index (χ3v) is 2.89. The van der Waals surface area contributed by atoms with E-state index in [9.17, 15) is 0 Å². The molecule has 1 aliphatic heterocycles. The van der Waals surface area contributed by atoms with E-state index in [4.69, 9.17) is 20.9 Å². The van der Waals surface area contributed by atoms with E-state index in [1.807, 2.05) is 30.1 Å². The van der Waals surface area contributed by atoms with Gasteiger partial charge in [0.1, 0.15) is 0 Å². The number of nitrogen functional groups attached to an aromatic ring is 2. The van der Waals surface area contributed by atoms with Crippen molar-refractivity contribution in [3.8, 4) is 11.5 Å². The van der Waals surface area contributed by atoms with Crippen LogP contribution >= 0.6 is 0 Å². The number of rotatable bonds is 3. The highest BCUT2D eigenvalue weighted by Gasteiger charge is 2.19. The summed E-state index contributed by atoms with van der Waals surface area (Å²) in [5.41, 5.74) is 12.1. The Kier molecular flexibility index (Phi) is 2.90. The quantitative estimate of drug-likeness (QED) is 0.827. The van der Waals surface area contributed by atoms with E-state index in [2.05, 4.69) is 15.0 Å². The maximum atomic E-state index is 5.57. The zero-order valence-electron chi connectivity index (χ0n) is 10.9. The molecule has 0 saturated heterocycles. The van der Waals surface area contributed by atoms with Gasteiger partial charge >= 0.3 is 0 Å². The average Bonchev–Trinajstić information content (AvgIpc) is 2.87. The number of benzene rings is 1. The lowest BCUT2D eigenvalue weighted by Crippen LogP contribution is -2.21. The van der Waals surface area contributed by atoms with Crippen molar-refractivity contribution in [1.29, 1.82) is 0 Å². The summed E-state index contributed by atoms with van der Waals surface area (Å²) in [6.07, 6.45) is 0. The Morgan fingerprint density at radius 2 is 1.90 bits per heavy atom. The van der Waals surface area contributed by atoms with Gasteiger partial charge in [-0.15, -0.1) is 0 Å². The van der Waals surface area contributed by atoms with Gasteiger partial charge in [0, 0.05) is 19.2 Å². The van der Waals surface area contributed by atoms with E-state index < -0.39 is 0 Å². The molecule has 2 heterocycles. The van der Waals surface area contributed by atoms with Crippen molar-refractivity contribution in [2.75, 3.05) is 30.2 Å². The van der Waals surface area contributed by atoms with Gasteiger partial charge in [-0.1, -0.05) is 12.1 Å².